The van der Waals surface area contributed by atoms with Crippen molar-refractivity contribution in [3.05, 3.63) is 126 Å². The van der Waals surface area contributed by atoms with Gasteiger partial charge in [0, 0.05) is 35.9 Å². The van der Waals surface area contributed by atoms with Crippen LogP contribution in [0.2, 0.25) is 33.2 Å². The fourth-order valence-corrected chi connectivity index (χ4v) is 7.18. The number of rotatable bonds is 12. The van der Waals surface area contributed by atoms with Gasteiger partial charge in [-0.2, -0.15) is 5.10 Å². The fraction of sp³-hybridized carbons (Fsp3) is 0.357. The van der Waals surface area contributed by atoms with Crippen molar-refractivity contribution in [1.29, 1.82) is 0 Å². The molecule has 10 nitrogen and oxygen atoms in total. The molecule has 0 saturated carbocycles. The Morgan fingerprint density at radius 1 is 0.857 bits per heavy atom. The summed E-state index contributed by atoms with van der Waals surface area (Å²) in [5.74, 6) is 1.85. The first-order valence-corrected chi connectivity index (χ1v) is 22.3. The minimum atomic E-state index is -2.20. The number of methoxy groups -OCH3 is 1. The van der Waals surface area contributed by atoms with E-state index in [0.717, 1.165) is 22.4 Å². The number of hydrogen-bond donors (Lipinski definition) is 2. The zero-order valence-electron chi connectivity index (χ0n) is 33.6. The molecule has 5 aromatic rings. The summed E-state index contributed by atoms with van der Waals surface area (Å²) in [4.78, 5) is 26.8. The molecule has 14 heteroatoms. The number of nitrogens with one attached hydrogen (secondary N) is 2. The molecule has 3 aromatic carbocycles. The molecule has 0 atom stereocenters. The number of ether oxygens (including phenoxy) is 2. The van der Waals surface area contributed by atoms with E-state index < -0.39 is 14.3 Å². The average molecular weight is 839 g/mol. The monoisotopic (exact) mass is 837 g/mol. The Morgan fingerprint density at radius 3 is 2.18 bits per heavy atom. The van der Waals surface area contributed by atoms with E-state index in [1.807, 2.05) is 55.5 Å². The summed E-state index contributed by atoms with van der Waals surface area (Å²) in [5, 5.41) is 11.8. The third-order valence-electron chi connectivity index (χ3n) is 9.96. The van der Waals surface area contributed by atoms with Crippen LogP contribution in [0.5, 0.6) is 17.2 Å². The number of anilines is 1. The van der Waals surface area contributed by atoms with Gasteiger partial charge in [-0.15, -0.1) is 0 Å². The third-order valence-corrected chi connectivity index (χ3v) is 15.3. The fourth-order valence-electron chi connectivity index (χ4n) is 5.53. The van der Waals surface area contributed by atoms with Gasteiger partial charge in [-0.25, -0.2) is 9.48 Å². The summed E-state index contributed by atoms with van der Waals surface area (Å²) >= 11 is 19.4. The number of carbonyl (C=O) groups is 1. The number of nitrogens with zero attached hydrogens (tertiary/aromatic N) is 3. The van der Waals surface area contributed by atoms with Crippen LogP contribution in [-0.2, 0) is 25.1 Å². The van der Waals surface area contributed by atoms with Crippen LogP contribution in [0.25, 0.3) is 5.69 Å². The van der Waals surface area contributed by atoms with Crippen molar-refractivity contribution in [3.63, 3.8) is 0 Å². The van der Waals surface area contributed by atoms with Gasteiger partial charge in [-0.3, -0.25) is 10.1 Å². The molecular weight excluding hydrogens is 789 g/mol. The van der Waals surface area contributed by atoms with Crippen molar-refractivity contribution in [2.24, 2.45) is 0 Å². The van der Waals surface area contributed by atoms with Gasteiger partial charge >= 0.3 is 6.03 Å². The Morgan fingerprint density at radius 2 is 1.52 bits per heavy atom. The van der Waals surface area contributed by atoms with E-state index >= 15 is 0 Å². The van der Waals surface area contributed by atoms with Crippen molar-refractivity contribution in [3.8, 4) is 22.9 Å². The maximum atomic E-state index is 13.5. The molecule has 2 N–H and O–H groups in total. The number of aryl methyl sites for hydroxylation is 1. The number of halogens is 3. The Labute approximate surface area is 345 Å². The van der Waals surface area contributed by atoms with E-state index in [4.69, 9.17) is 53.8 Å². The molecule has 0 aliphatic heterocycles. The molecule has 0 aliphatic carbocycles. The third kappa shape index (κ3) is 9.92. The highest BCUT2D eigenvalue weighted by Crippen LogP contribution is 2.40. The lowest BCUT2D eigenvalue weighted by Gasteiger charge is -2.36. The van der Waals surface area contributed by atoms with E-state index in [1.165, 1.54) is 0 Å². The maximum absolute atomic E-state index is 13.5. The van der Waals surface area contributed by atoms with Crippen molar-refractivity contribution in [2.75, 3.05) is 12.4 Å². The van der Waals surface area contributed by atoms with Crippen LogP contribution in [0.1, 0.15) is 69.6 Å². The van der Waals surface area contributed by atoms with Gasteiger partial charge in [0.2, 0.25) is 0 Å². The normalized spacial score (nSPS) is 12.0. The minimum absolute atomic E-state index is 0.0287. The van der Waals surface area contributed by atoms with E-state index in [1.54, 1.807) is 40.6 Å². The quantitative estimate of drug-likeness (QED) is 0.121. The second-order valence-electron chi connectivity index (χ2n) is 16.2. The van der Waals surface area contributed by atoms with Crippen molar-refractivity contribution < 1.29 is 18.7 Å². The molecule has 0 unspecified atom stereocenters. The van der Waals surface area contributed by atoms with E-state index in [9.17, 15) is 9.59 Å². The number of aromatic nitrogens is 3. The summed E-state index contributed by atoms with van der Waals surface area (Å²) in [5.41, 5.74) is 3.96. The van der Waals surface area contributed by atoms with E-state index in [-0.39, 0.29) is 46.5 Å². The topological polar surface area (TPSA) is 109 Å². The second kappa shape index (κ2) is 17.0. The molecule has 2 amide bonds. The zero-order chi connectivity index (χ0) is 41.2. The summed E-state index contributed by atoms with van der Waals surface area (Å²) in [6, 6.07) is 21.6. The molecule has 0 spiro atoms. The molecule has 0 aliphatic rings. The molecule has 0 radical (unpaired) electrons. The molecule has 0 saturated heterocycles. The Balaban J connectivity index is 1.30. The van der Waals surface area contributed by atoms with Crippen LogP contribution in [0, 0.1) is 6.92 Å². The maximum Gasteiger partial charge on any atom is 0.320 e. The second-order valence-corrected chi connectivity index (χ2v) is 22.2. The van der Waals surface area contributed by atoms with Gasteiger partial charge in [-0.05, 0) is 66.0 Å². The highest BCUT2D eigenvalue weighted by molar-refractivity contribution is 6.74. The number of hydrogen-bond acceptors (Lipinski definition) is 6. The van der Waals surface area contributed by atoms with Crippen LogP contribution in [0.3, 0.4) is 0 Å². The highest BCUT2D eigenvalue weighted by Gasteiger charge is 2.39. The van der Waals surface area contributed by atoms with Crippen LogP contribution in [0.15, 0.2) is 77.6 Å². The Kier molecular flexibility index (Phi) is 12.9. The largest absolute Gasteiger partial charge is 0.542 e. The number of urea groups is 1. The minimum Gasteiger partial charge on any atom is -0.542 e. The van der Waals surface area contributed by atoms with Crippen molar-refractivity contribution in [1.82, 2.24) is 19.7 Å². The Hall–Kier alpha value is -4.42. The van der Waals surface area contributed by atoms with Gasteiger partial charge < -0.3 is 23.8 Å². The van der Waals surface area contributed by atoms with Crippen molar-refractivity contribution >= 4 is 55.0 Å². The molecule has 0 fully saturated rings. The van der Waals surface area contributed by atoms with Crippen molar-refractivity contribution in [2.45, 2.75) is 91.7 Å². The van der Waals surface area contributed by atoms with E-state index in [0.29, 0.717) is 38.7 Å². The van der Waals surface area contributed by atoms with Crippen LogP contribution < -0.4 is 30.1 Å². The molecule has 298 valence electrons. The van der Waals surface area contributed by atoms with Crippen LogP contribution in [-0.4, -0.2) is 35.8 Å². The number of benzene rings is 3. The van der Waals surface area contributed by atoms with Gasteiger partial charge in [0.25, 0.3) is 13.9 Å². The van der Waals surface area contributed by atoms with Gasteiger partial charge in [-0.1, -0.05) is 107 Å². The first-order chi connectivity index (χ1) is 26.2. The summed E-state index contributed by atoms with van der Waals surface area (Å²) in [6.45, 7) is 19.5. The lowest BCUT2D eigenvalue weighted by atomic mass is 9.92. The number of carbonyl (C=O) groups excluding carboxylic acids is 1. The SMILES string of the molecule is COc1cc(Cn2c(C)cc(OCc3ccccc3CNC(=O)Nc3cc(C(C)(C)C)nn3-c3ccc(Cl)c(O[Si](C)(C)C(C)(C)C)c3)c(Cl)c2=O)ccc1Cl. The van der Waals surface area contributed by atoms with Gasteiger partial charge in [0.15, 0.2) is 0 Å². The number of amides is 2. The average Bonchev–Trinajstić information content (AvgIpc) is 3.56. The number of pyridine rings is 1. The summed E-state index contributed by atoms with van der Waals surface area (Å²) in [6.07, 6.45) is 0. The van der Waals surface area contributed by atoms with Gasteiger partial charge in [0.1, 0.15) is 34.7 Å². The zero-order valence-corrected chi connectivity index (χ0v) is 36.8. The molecular formula is C42H50Cl3N5O5Si. The lowest BCUT2D eigenvalue weighted by molar-refractivity contribution is 0.251. The first-order valence-electron chi connectivity index (χ1n) is 18.2. The van der Waals surface area contributed by atoms with Crippen LogP contribution >= 0.6 is 34.8 Å². The molecule has 2 aromatic heterocycles. The first kappa shape index (κ1) is 42.7. The van der Waals surface area contributed by atoms with Gasteiger partial charge in [0.05, 0.1) is 35.1 Å². The summed E-state index contributed by atoms with van der Waals surface area (Å²) in [7, 11) is -0.658. The molecule has 2 heterocycles. The molecule has 5 rings (SSSR count). The molecule has 56 heavy (non-hydrogen) atoms. The predicted octanol–water partition coefficient (Wildman–Crippen LogP) is 10.9. The Bertz CT molecular complexity index is 2290. The lowest BCUT2D eigenvalue weighted by Crippen LogP contribution is -2.43. The standard InChI is InChI=1S/C42H50Cl3N5O5Si/c1-26-19-35(38(45)39(51)49(26)24-27-15-17-31(43)33(20-27)53-8)54-25-29-14-12-11-13-28(29)23-46-40(52)47-37-22-36(41(2,3)4)48-50(37)30-16-18-32(44)34(21-30)55-56(9,10)42(5,6)7/h11-22H,23-25H2,1-10H3,(H2,46,47,52). The van der Waals surface area contributed by atoms with E-state index in [2.05, 4.69) is 65.3 Å². The highest BCUT2D eigenvalue weighted by atomic mass is 35.5. The smallest absolute Gasteiger partial charge is 0.320 e. The summed E-state index contributed by atoms with van der Waals surface area (Å²) < 4.78 is 21.3. The van der Waals surface area contributed by atoms with Crippen LogP contribution in [0.4, 0.5) is 10.6 Å². The molecule has 0 bridgehead atoms. The predicted molar refractivity (Wildman–Crippen MR) is 229 cm³/mol.